The van der Waals surface area contributed by atoms with Crippen molar-refractivity contribution >= 4 is 28.6 Å². The van der Waals surface area contributed by atoms with Crippen LogP contribution in [0.25, 0.3) is 11.0 Å². The molecule has 6 heteroatoms. The van der Waals surface area contributed by atoms with E-state index in [0.717, 1.165) is 16.2 Å². The Morgan fingerprint density at radius 1 is 1.59 bits per heavy atom. The van der Waals surface area contributed by atoms with Crippen molar-refractivity contribution in [1.29, 1.82) is 0 Å². The fourth-order valence-corrected chi connectivity index (χ4v) is 2.51. The van der Waals surface area contributed by atoms with Crippen molar-refractivity contribution in [3.63, 3.8) is 0 Å². The summed E-state index contributed by atoms with van der Waals surface area (Å²) < 4.78 is 0. The molecule has 0 amide bonds. The maximum absolute atomic E-state index is 8.49. The number of fused-ring (bicyclic) bond motifs is 1. The number of benzene rings is 1. The van der Waals surface area contributed by atoms with E-state index in [-0.39, 0.29) is 11.1 Å². The van der Waals surface area contributed by atoms with Crippen LogP contribution in [-0.2, 0) is 0 Å². The molecule has 0 fully saturated rings. The molecule has 4 N–H and O–H groups in total. The highest BCUT2D eigenvalue weighted by Crippen LogP contribution is 2.24. The molecular weight excluding hydrogens is 236 g/mol. The first-order valence-electron chi connectivity index (χ1n) is 5.27. The van der Waals surface area contributed by atoms with Gasteiger partial charge < -0.3 is 15.9 Å². The second-order valence-corrected chi connectivity index (χ2v) is 5.21. The first-order valence-corrected chi connectivity index (χ1v) is 6.15. The van der Waals surface area contributed by atoms with Crippen molar-refractivity contribution < 1.29 is 5.21 Å². The monoisotopic (exact) mass is 250 g/mol. The molecule has 0 aliphatic rings. The molecule has 5 nitrogen and oxygen atoms in total. The van der Waals surface area contributed by atoms with E-state index in [1.54, 1.807) is 11.8 Å². The van der Waals surface area contributed by atoms with E-state index in [4.69, 9.17) is 10.9 Å². The number of nitrogens with two attached hydrogens (primary N) is 1. The highest BCUT2D eigenvalue weighted by atomic mass is 32.2. The van der Waals surface area contributed by atoms with Gasteiger partial charge in [-0.05, 0) is 12.1 Å². The Bertz CT molecular complexity index is 504. The second-order valence-electron chi connectivity index (χ2n) is 3.78. The molecule has 1 aromatic heterocycles. The number of nitrogens with zero attached hydrogens (tertiary/aromatic N) is 2. The number of H-pyrrole nitrogens is 1. The second kappa shape index (κ2) is 5.09. The van der Waals surface area contributed by atoms with E-state index in [1.165, 1.54) is 0 Å². The van der Waals surface area contributed by atoms with E-state index < -0.39 is 0 Å². The summed E-state index contributed by atoms with van der Waals surface area (Å²) in [7, 11) is 0. The van der Waals surface area contributed by atoms with Crippen LogP contribution < -0.4 is 5.73 Å². The molecule has 0 saturated carbocycles. The van der Waals surface area contributed by atoms with Gasteiger partial charge in [0.1, 0.15) is 5.84 Å². The topological polar surface area (TPSA) is 87.3 Å². The number of nitrogens with one attached hydrogen (secondary N) is 1. The standard InChI is InChI=1S/C11H14N4OS/c1-7(6-10(12)15-16)17-11-13-8-4-2-3-5-9(8)14-11/h2-5,7,16H,6H2,1H3,(H2,12,15)(H,13,14). The summed E-state index contributed by atoms with van der Waals surface area (Å²) in [5.41, 5.74) is 7.43. The molecule has 1 heterocycles. The van der Waals surface area contributed by atoms with Crippen LogP contribution in [0.15, 0.2) is 34.6 Å². The number of hydrogen-bond acceptors (Lipinski definition) is 4. The maximum Gasteiger partial charge on any atom is 0.166 e. The van der Waals surface area contributed by atoms with Gasteiger partial charge in [0.15, 0.2) is 5.16 Å². The molecule has 1 unspecified atom stereocenters. The van der Waals surface area contributed by atoms with Gasteiger partial charge >= 0.3 is 0 Å². The SMILES string of the molecule is CC(C/C(N)=N/O)Sc1nc2ccccc2[nH]1. The van der Waals surface area contributed by atoms with E-state index in [2.05, 4.69) is 15.1 Å². The Labute approximate surface area is 103 Å². The van der Waals surface area contributed by atoms with Crippen LogP contribution in [0, 0.1) is 0 Å². The van der Waals surface area contributed by atoms with Gasteiger partial charge in [-0.25, -0.2) is 4.98 Å². The molecule has 90 valence electrons. The fraction of sp³-hybridized carbons (Fsp3) is 0.273. The van der Waals surface area contributed by atoms with Gasteiger partial charge in [0.25, 0.3) is 0 Å². The van der Waals surface area contributed by atoms with E-state index in [9.17, 15) is 0 Å². The van der Waals surface area contributed by atoms with Crippen molar-refractivity contribution in [3.05, 3.63) is 24.3 Å². The normalized spacial score (nSPS) is 14.1. The molecule has 2 rings (SSSR count). The zero-order valence-electron chi connectivity index (χ0n) is 9.42. The van der Waals surface area contributed by atoms with Crippen molar-refractivity contribution in [2.24, 2.45) is 10.9 Å². The van der Waals surface area contributed by atoms with Gasteiger partial charge in [0, 0.05) is 11.7 Å². The number of para-hydroxylation sites is 2. The lowest BCUT2D eigenvalue weighted by Gasteiger charge is -2.06. The summed E-state index contributed by atoms with van der Waals surface area (Å²) in [6.07, 6.45) is 0.526. The van der Waals surface area contributed by atoms with Gasteiger partial charge in [-0.1, -0.05) is 36.0 Å². The average molecular weight is 250 g/mol. The Kier molecular flexibility index (Phi) is 3.53. The molecule has 0 radical (unpaired) electrons. The van der Waals surface area contributed by atoms with Crippen LogP contribution in [0.3, 0.4) is 0 Å². The zero-order chi connectivity index (χ0) is 12.3. The molecule has 0 bridgehead atoms. The van der Waals surface area contributed by atoms with Crippen LogP contribution in [0.4, 0.5) is 0 Å². The highest BCUT2D eigenvalue weighted by molar-refractivity contribution is 7.99. The number of hydrogen-bond donors (Lipinski definition) is 3. The van der Waals surface area contributed by atoms with Crippen molar-refractivity contribution in [2.45, 2.75) is 23.8 Å². The summed E-state index contributed by atoms with van der Waals surface area (Å²) in [6.45, 7) is 2.01. The smallest absolute Gasteiger partial charge is 0.166 e. The minimum absolute atomic E-state index is 0.200. The molecule has 1 atom stereocenters. The minimum Gasteiger partial charge on any atom is -0.409 e. The fourth-order valence-electron chi connectivity index (χ4n) is 1.55. The lowest BCUT2D eigenvalue weighted by molar-refractivity contribution is 0.317. The summed E-state index contributed by atoms with van der Waals surface area (Å²) in [6, 6.07) is 7.87. The summed E-state index contributed by atoms with van der Waals surface area (Å²) in [5, 5.41) is 12.5. The predicted molar refractivity (Wildman–Crippen MR) is 69.4 cm³/mol. The summed E-state index contributed by atoms with van der Waals surface area (Å²) in [5.74, 6) is 0.237. The molecule has 0 saturated heterocycles. The largest absolute Gasteiger partial charge is 0.409 e. The number of oxime groups is 1. The Balaban J connectivity index is 2.08. The van der Waals surface area contributed by atoms with Gasteiger partial charge in [-0.2, -0.15) is 0 Å². The van der Waals surface area contributed by atoms with Gasteiger partial charge in [-0.15, -0.1) is 0 Å². The molecular formula is C11H14N4OS. The van der Waals surface area contributed by atoms with E-state index in [0.29, 0.717) is 6.42 Å². The molecule has 2 aromatic rings. The van der Waals surface area contributed by atoms with E-state index in [1.807, 2.05) is 31.2 Å². The number of amidine groups is 1. The third kappa shape index (κ3) is 2.91. The number of imidazole rings is 1. The summed E-state index contributed by atoms with van der Waals surface area (Å²) >= 11 is 1.57. The number of rotatable bonds is 4. The van der Waals surface area contributed by atoms with Gasteiger partial charge in [0.2, 0.25) is 0 Å². The van der Waals surface area contributed by atoms with Crippen molar-refractivity contribution in [2.75, 3.05) is 0 Å². The van der Waals surface area contributed by atoms with Crippen molar-refractivity contribution in [1.82, 2.24) is 9.97 Å². The third-order valence-corrected chi connectivity index (χ3v) is 3.29. The third-order valence-electron chi connectivity index (χ3n) is 2.31. The average Bonchev–Trinajstić information content (AvgIpc) is 2.70. The van der Waals surface area contributed by atoms with E-state index >= 15 is 0 Å². The Hall–Kier alpha value is -1.69. The number of aromatic amines is 1. The van der Waals surface area contributed by atoms with Gasteiger partial charge in [-0.3, -0.25) is 0 Å². The van der Waals surface area contributed by atoms with Crippen LogP contribution in [0.1, 0.15) is 13.3 Å². The lowest BCUT2D eigenvalue weighted by Crippen LogP contribution is -2.16. The van der Waals surface area contributed by atoms with Crippen molar-refractivity contribution in [3.8, 4) is 0 Å². The first-order chi connectivity index (χ1) is 8.19. The highest BCUT2D eigenvalue weighted by Gasteiger charge is 2.10. The quantitative estimate of drug-likeness (QED) is 0.255. The summed E-state index contributed by atoms with van der Waals surface area (Å²) in [4.78, 5) is 7.68. The lowest BCUT2D eigenvalue weighted by atomic mass is 10.3. The van der Waals surface area contributed by atoms with Crippen LogP contribution in [-0.4, -0.2) is 26.3 Å². The molecule has 0 aliphatic carbocycles. The number of aromatic nitrogens is 2. The van der Waals surface area contributed by atoms with Crippen LogP contribution in [0.2, 0.25) is 0 Å². The maximum atomic E-state index is 8.49. The van der Waals surface area contributed by atoms with Crippen LogP contribution in [0.5, 0.6) is 0 Å². The molecule has 0 aliphatic heterocycles. The Morgan fingerprint density at radius 2 is 2.35 bits per heavy atom. The molecule has 0 spiro atoms. The predicted octanol–water partition coefficient (Wildman–Crippen LogP) is 2.18. The Morgan fingerprint density at radius 3 is 3.06 bits per heavy atom. The number of thioether (sulfide) groups is 1. The first kappa shape index (κ1) is 11.8. The zero-order valence-corrected chi connectivity index (χ0v) is 10.2. The molecule has 1 aromatic carbocycles. The minimum atomic E-state index is 0.200. The van der Waals surface area contributed by atoms with Crippen LogP contribution >= 0.6 is 11.8 Å². The van der Waals surface area contributed by atoms with Gasteiger partial charge in [0.05, 0.1) is 11.0 Å². The molecule has 17 heavy (non-hydrogen) atoms.